The van der Waals surface area contributed by atoms with E-state index >= 15 is 0 Å². The molecule has 0 radical (unpaired) electrons. The Hall–Kier alpha value is -2.83. The maximum atomic E-state index is 12.2. The van der Waals surface area contributed by atoms with Crippen molar-refractivity contribution in [3.05, 3.63) is 30.0 Å². The summed E-state index contributed by atoms with van der Waals surface area (Å²) in [5.41, 5.74) is 0.571. The molecule has 1 aliphatic rings. The fourth-order valence-corrected chi connectivity index (χ4v) is 2.79. The smallest absolute Gasteiger partial charge is 0.412 e. The van der Waals surface area contributed by atoms with Gasteiger partial charge in [-0.15, -0.1) is 0 Å². The van der Waals surface area contributed by atoms with Gasteiger partial charge in [-0.2, -0.15) is 0 Å². The summed E-state index contributed by atoms with van der Waals surface area (Å²) in [6, 6.07) is 5.21. The molecule has 0 unspecified atom stereocenters. The highest BCUT2D eigenvalue weighted by Gasteiger charge is 2.24. The van der Waals surface area contributed by atoms with E-state index in [0.717, 1.165) is 12.8 Å². The number of amides is 1. The molecule has 1 aromatic heterocycles. The van der Waals surface area contributed by atoms with Crippen LogP contribution in [0, 0.1) is 0 Å². The van der Waals surface area contributed by atoms with Crippen LogP contribution in [0.2, 0.25) is 0 Å². The summed E-state index contributed by atoms with van der Waals surface area (Å²) in [7, 11) is 0. The first-order chi connectivity index (χ1) is 12.6. The molecule has 1 fully saturated rings. The molecule has 1 saturated carbocycles. The number of aromatic nitrogens is 1. The van der Waals surface area contributed by atoms with Gasteiger partial charge in [0.25, 0.3) is 0 Å². The van der Waals surface area contributed by atoms with Crippen LogP contribution in [0.3, 0.4) is 0 Å². The standard InChI is InChI=1S/C20H24N2O5/c1-12(23)16-10-22(11-18(24)27-20(2,3)4)17-8-7-14(9-15(16)17)26-19(25)21-13-5-6-13/h7-10,13H,5-6,11H2,1-4H3,(H,21,25). The predicted molar refractivity (Wildman–Crippen MR) is 100.0 cm³/mol. The second-order valence-corrected chi connectivity index (χ2v) is 7.80. The van der Waals surface area contributed by atoms with Crippen molar-refractivity contribution in [3.8, 4) is 5.75 Å². The molecule has 0 bridgehead atoms. The number of esters is 1. The Morgan fingerprint density at radius 2 is 1.93 bits per heavy atom. The van der Waals surface area contributed by atoms with E-state index in [1.807, 2.05) is 0 Å². The third-order valence-electron chi connectivity index (χ3n) is 4.06. The van der Waals surface area contributed by atoms with Gasteiger partial charge in [-0.25, -0.2) is 4.79 Å². The van der Waals surface area contributed by atoms with Crippen LogP contribution < -0.4 is 10.1 Å². The lowest BCUT2D eigenvalue weighted by Gasteiger charge is -2.19. The first-order valence-electron chi connectivity index (χ1n) is 8.96. The fraction of sp³-hybridized carbons (Fsp3) is 0.450. The highest BCUT2D eigenvalue weighted by atomic mass is 16.6. The van der Waals surface area contributed by atoms with Crippen LogP contribution in [-0.2, 0) is 16.1 Å². The van der Waals surface area contributed by atoms with Crippen molar-refractivity contribution >= 4 is 28.7 Å². The first kappa shape index (κ1) is 18.9. The van der Waals surface area contributed by atoms with Gasteiger partial charge in [0, 0.05) is 28.7 Å². The molecular formula is C20H24N2O5. The van der Waals surface area contributed by atoms with Crippen molar-refractivity contribution in [1.29, 1.82) is 0 Å². The number of hydrogen-bond donors (Lipinski definition) is 1. The van der Waals surface area contributed by atoms with Crippen LogP contribution in [0.5, 0.6) is 5.75 Å². The van der Waals surface area contributed by atoms with Gasteiger partial charge in [0.05, 0.1) is 0 Å². The van der Waals surface area contributed by atoms with Gasteiger partial charge in [-0.05, 0) is 58.7 Å². The molecule has 27 heavy (non-hydrogen) atoms. The summed E-state index contributed by atoms with van der Waals surface area (Å²) in [6.07, 6.45) is 3.06. The lowest BCUT2D eigenvalue weighted by molar-refractivity contribution is -0.155. The highest BCUT2D eigenvalue weighted by molar-refractivity contribution is 6.07. The second-order valence-electron chi connectivity index (χ2n) is 7.80. The summed E-state index contributed by atoms with van der Waals surface area (Å²) >= 11 is 0. The largest absolute Gasteiger partial charge is 0.459 e. The van der Waals surface area contributed by atoms with E-state index in [1.54, 1.807) is 49.7 Å². The Bertz CT molecular complexity index is 903. The third-order valence-corrected chi connectivity index (χ3v) is 4.06. The van der Waals surface area contributed by atoms with Crippen LogP contribution in [-0.4, -0.2) is 34.1 Å². The van der Waals surface area contributed by atoms with Crippen molar-refractivity contribution in [2.75, 3.05) is 0 Å². The summed E-state index contributed by atoms with van der Waals surface area (Å²) < 4.78 is 12.3. The quantitative estimate of drug-likeness (QED) is 0.642. The molecular weight excluding hydrogens is 348 g/mol. The highest BCUT2D eigenvalue weighted by Crippen LogP contribution is 2.27. The van der Waals surface area contributed by atoms with Gasteiger partial charge >= 0.3 is 12.1 Å². The number of hydrogen-bond acceptors (Lipinski definition) is 5. The Balaban J connectivity index is 1.86. The second kappa shape index (κ2) is 7.06. The Kier molecular flexibility index (Phi) is 4.95. The van der Waals surface area contributed by atoms with Crippen LogP contribution in [0.15, 0.2) is 24.4 Å². The van der Waals surface area contributed by atoms with Crippen LogP contribution >= 0.6 is 0 Å². The zero-order valence-electron chi connectivity index (χ0n) is 16.0. The minimum absolute atomic E-state index is 0.0105. The molecule has 1 N–H and O–H groups in total. The van der Waals surface area contributed by atoms with Gasteiger partial charge in [0.1, 0.15) is 17.9 Å². The van der Waals surface area contributed by atoms with E-state index in [4.69, 9.17) is 9.47 Å². The van der Waals surface area contributed by atoms with E-state index in [1.165, 1.54) is 6.92 Å². The number of rotatable bonds is 5. The average molecular weight is 372 g/mol. The Morgan fingerprint density at radius 1 is 1.22 bits per heavy atom. The summed E-state index contributed by atoms with van der Waals surface area (Å²) in [6.45, 7) is 6.85. The number of carbonyl (C=O) groups is 3. The molecule has 0 aliphatic heterocycles. The van der Waals surface area contributed by atoms with Gasteiger partial charge in [0.15, 0.2) is 5.78 Å². The SMILES string of the molecule is CC(=O)c1cn(CC(=O)OC(C)(C)C)c2ccc(OC(=O)NC3CC3)cc12. The fourth-order valence-electron chi connectivity index (χ4n) is 2.79. The molecule has 2 aromatic rings. The maximum absolute atomic E-state index is 12.2. The lowest BCUT2D eigenvalue weighted by Crippen LogP contribution is -2.28. The minimum Gasteiger partial charge on any atom is -0.459 e. The van der Waals surface area contributed by atoms with Crippen molar-refractivity contribution < 1.29 is 23.9 Å². The lowest BCUT2D eigenvalue weighted by atomic mass is 10.1. The average Bonchev–Trinajstić information content (AvgIpc) is 3.26. The van der Waals surface area contributed by atoms with Crippen LogP contribution in [0.25, 0.3) is 10.9 Å². The number of ketones is 1. The van der Waals surface area contributed by atoms with E-state index < -0.39 is 17.7 Å². The number of Topliss-reactive ketones (excluding diaryl/α,β-unsaturated/α-hetero) is 1. The molecule has 1 aliphatic carbocycles. The molecule has 7 nitrogen and oxygen atoms in total. The van der Waals surface area contributed by atoms with E-state index in [0.29, 0.717) is 22.2 Å². The van der Waals surface area contributed by atoms with Crippen molar-refractivity contribution in [1.82, 2.24) is 9.88 Å². The van der Waals surface area contributed by atoms with Crippen LogP contribution in [0.1, 0.15) is 50.9 Å². The Labute approximate surface area is 157 Å². The molecule has 0 spiro atoms. The molecule has 0 saturated heterocycles. The normalized spacial score (nSPS) is 14.1. The molecule has 144 valence electrons. The van der Waals surface area contributed by atoms with Gasteiger partial charge in [-0.3, -0.25) is 9.59 Å². The molecule has 1 amide bonds. The topological polar surface area (TPSA) is 86.6 Å². The number of ether oxygens (including phenoxy) is 2. The first-order valence-corrected chi connectivity index (χ1v) is 8.96. The molecule has 3 rings (SSSR count). The third kappa shape index (κ3) is 4.87. The van der Waals surface area contributed by atoms with E-state index in [-0.39, 0.29) is 18.4 Å². The van der Waals surface area contributed by atoms with Crippen LogP contribution in [0.4, 0.5) is 4.79 Å². The number of nitrogens with one attached hydrogen (secondary N) is 1. The minimum atomic E-state index is -0.584. The molecule has 0 atom stereocenters. The Morgan fingerprint density at radius 3 is 2.52 bits per heavy atom. The van der Waals surface area contributed by atoms with Crippen molar-refractivity contribution in [2.45, 2.75) is 58.7 Å². The summed E-state index contributed by atoms with van der Waals surface area (Å²) in [4.78, 5) is 36.0. The zero-order chi connectivity index (χ0) is 19.8. The van der Waals surface area contributed by atoms with Gasteiger partial charge in [0.2, 0.25) is 0 Å². The van der Waals surface area contributed by atoms with E-state index in [9.17, 15) is 14.4 Å². The molecule has 7 heteroatoms. The van der Waals surface area contributed by atoms with E-state index in [2.05, 4.69) is 5.32 Å². The number of carbonyl (C=O) groups excluding carboxylic acids is 3. The van der Waals surface area contributed by atoms with Crippen molar-refractivity contribution in [3.63, 3.8) is 0 Å². The monoisotopic (exact) mass is 372 g/mol. The molecule has 1 heterocycles. The summed E-state index contributed by atoms with van der Waals surface area (Å²) in [5.74, 6) is -0.181. The zero-order valence-corrected chi connectivity index (χ0v) is 16.0. The number of benzene rings is 1. The maximum Gasteiger partial charge on any atom is 0.412 e. The summed E-state index contributed by atoms with van der Waals surface area (Å²) in [5, 5.41) is 3.37. The number of nitrogens with zero attached hydrogens (tertiary/aromatic N) is 1. The predicted octanol–water partition coefficient (Wildman–Crippen LogP) is 3.44. The van der Waals surface area contributed by atoms with Crippen molar-refractivity contribution in [2.24, 2.45) is 0 Å². The van der Waals surface area contributed by atoms with Gasteiger partial charge < -0.3 is 19.4 Å². The van der Waals surface area contributed by atoms with Gasteiger partial charge in [-0.1, -0.05) is 0 Å². The molecule has 1 aromatic carbocycles. The number of fused-ring (bicyclic) bond motifs is 1.